The zero-order chi connectivity index (χ0) is 16.7. The van der Waals surface area contributed by atoms with E-state index in [4.69, 9.17) is 4.98 Å². The van der Waals surface area contributed by atoms with Crippen molar-refractivity contribution in [1.82, 2.24) is 9.55 Å². The number of carbonyl (C=O) groups excluding carboxylic acids is 1. The molecule has 3 aromatic rings. The maximum Gasteiger partial charge on any atom is 0.227 e. The highest BCUT2D eigenvalue weighted by Crippen LogP contribution is 2.33. The lowest BCUT2D eigenvalue weighted by Gasteiger charge is -2.17. The van der Waals surface area contributed by atoms with Crippen molar-refractivity contribution in [2.75, 3.05) is 11.4 Å². The largest absolute Gasteiger partial charge is 0.328 e. The highest BCUT2D eigenvalue weighted by atomic mass is 79.9. The van der Waals surface area contributed by atoms with Crippen LogP contribution in [0.1, 0.15) is 25.1 Å². The number of nitrogens with zero attached hydrogens (tertiary/aromatic N) is 3. The fourth-order valence-corrected chi connectivity index (χ4v) is 3.75. The molecule has 1 amide bonds. The zero-order valence-corrected chi connectivity index (χ0v) is 15.0. The monoisotopic (exact) mass is 383 g/mol. The average Bonchev–Trinajstić information content (AvgIpc) is 3.16. The van der Waals surface area contributed by atoms with Crippen LogP contribution in [0.2, 0.25) is 0 Å². The zero-order valence-electron chi connectivity index (χ0n) is 13.4. The lowest BCUT2D eigenvalue weighted by Crippen LogP contribution is -2.24. The molecular formula is C19H18BrN3O. The summed E-state index contributed by atoms with van der Waals surface area (Å²) in [4.78, 5) is 19.2. The Morgan fingerprint density at radius 2 is 1.92 bits per heavy atom. The first-order valence-electron chi connectivity index (χ1n) is 8.18. The molecule has 1 aliphatic heterocycles. The highest BCUT2D eigenvalue weighted by Gasteiger charge is 2.34. The van der Waals surface area contributed by atoms with Gasteiger partial charge in [0.15, 0.2) is 0 Å². The van der Waals surface area contributed by atoms with Crippen LogP contribution in [-0.2, 0) is 11.3 Å². The molecule has 1 aromatic heterocycles. The number of imidazole rings is 1. The van der Waals surface area contributed by atoms with Crippen LogP contribution in [0.5, 0.6) is 0 Å². The smallest absolute Gasteiger partial charge is 0.227 e. The molecule has 5 heteroatoms. The van der Waals surface area contributed by atoms with Crippen LogP contribution in [0.4, 0.5) is 5.69 Å². The van der Waals surface area contributed by atoms with Gasteiger partial charge >= 0.3 is 0 Å². The summed E-state index contributed by atoms with van der Waals surface area (Å²) < 4.78 is 3.25. The van der Waals surface area contributed by atoms with E-state index in [0.29, 0.717) is 13.0 Å². The lowest BCUT2D eigenvalue weighted by molar-refractivity contribution is -0.117. The van der Waals surface area contributed by atoms with Crippen LogP contribution >= 0.6 is 15.9 Å². The van der Waals surface area contributed by atoms with Gasteiger partial charge in [0.25, 0.3) is 0 Å². The molecule has 4 nitrogen and oxygen atoms in total. The molecule has 1 fully saturated rings. The van der Waals surface area contributed by atoms with Crippen LogP contribution in [0.3, 0.4) is 0 Å². The Morgan fingerprint density at radius 1 is 1.17 bits per heavy atom. The predicted octanol–water partition coefficient (Wildman–Crippen LogP) is 4.34. The minimum absolute atomic E-state index is 0.133. The van der Waals surface area contributed by atoms with E-state index >= 15 is 0 Å². The number of aromatic nitrogens is 2. The first-order valence-corrected chi connectivity index (χ1v) is 8.97. The lowest BCUT2D eigenvalue weighted by atomic mass is 10.1. The number of para-hydroxylation sites is 2. The fourth-order valence-electron chi connectivity index (χ4n) is 3.49. The van der Waals surface area contributed by atoms with Gasteiger partial charge in [-0.1, -0.05) is 28.1 Å². The SMILES string of the molecule is CCn1c(C2CC(=O)N(c3ccc(Br)cc3)C2)nc2ccccc21. The Bertz CT molecular complexity index is 901. The molecule has 0 radical (unpaired) electrons. The van der Waals surface area contributed by atoms with Crippen LogP contribution in [0, 0.1) is 0 Å². The van der Waals surface area contributed by atoms with Gasteiger partial charge in [-0.15, -0.1) is 0 Å². The van der Waals surface area contributed by atoms with E-state index < -0.39 is 0 Å². The van der Waals surface area contributed by atoms with Crippen molar-refractivity contribution >= 4 is 38.6 Å². The van der Waals surface area contributed by atoms with E-state index in [1.807, 2.05) is 47.4 Å². The molecule has 0 aliphatic carbocycles. The number of hydrogen-bond acceptors (Lipinski definition) is 2. The summed E-state index contributed by atoms with van der Waals surface area (Å²) in [5, 5.41) is 0. The highest BCUT2D eigenvalue weighted by molar-refractivity contribution is 9.10. The van der Waals surface area contributed by atoms with Crippen molar-refractivity contribution in [3.8, 4) is 0 Å². The molecule has 1 unspecified atom stereocenters. The van der Waals surface area contributed by atoms with Crippen LogP contribution in [0.15, 0.2) is 53.0 Å². The number of anilines is 1. The molecule has 4 rings (SSSR count). The van der Waals surface area contributed by atoms with Gasteiger partial charge < -0.3 is 9.47 Å². The van der Waals surface area contributed by atoms with Gasteiger partial charge in [-0.2, -0.15) is 0 Å². The van der Waals surface area contributed by atoms with E-state index in [2.05, 4.69) is 33.5 Å². The third-order valence-corrected chi connectivity index (χ3v) is 5.16. The molecule has 1 aliphatic rings. The first-order chi connectivity index (χ1) is 11.7. The molecule has 1 atom stereocenters. The van der Waals surface area contributed by atoms with Crippen molar-refractivity contribution in [2.45, 2.75) is 25.8 Å². The van der Waals surface area contributed by atoms with Crippen molar-refractivity contribution in [3.63, 3.8) is 0 Å². The Balaban J connectivity index is 1.69. The third-order valence-electron chi connectivity index (χ3n) is 4.63. The number of hydrogen-bond donors (Lipinski definition) is 0. The van der Waals surface area contributed by atoms with Crippen LogP contribution in [0.25, 0.3) is 11.0 Å². The van der Waals surface area contributed by atoms with Gasteiger partial charge in [-0.3, -0.25) is 4.79 Å². The van der Waals surface area contributed by atoms with Gasteiger partial charge in [0.1, 0.15) is 5.82 Å². The summed E-state index contributed by atoms with van der Waals surface area (Å²) in [5.41, 5.74) is 3.10. The van der Waals surface area contributed by atoms with E-state index in [1.165, 1.54) is 0 Å². The van der Waals surface area contributed by atoms with Crippen LogP contribution < -0.4 is 4.90 Å². The molecule has 122 valence electrons. The maximum absolute atomic E-state index is 12.5. The second-order valence-electron chi connectivity index (χ2n) is 6.08. The minimum Gasteiger partial charge on any atom is -0.328 e. The second-order valence-corrected chi connectivity index (χ2v) is 7.00. The number of benzene rings is 2. The van der Waals surface area contributed by atoms with Gasteiger partial charge in [0.05, 0.1) is 11.0 Å². The summed E-state index contributed by atoms with van der Waals surface area (Å²) >= 11 is 3.44. The summed E-state index contributed by atoms with van der Waals surface area (Å²) in [6.07, 6.45) is 0.513. The average molecular weight is 384 g/mol. The number of aryl methyl sites for hydroxylation is 1. The molecule has 24 heavy (non-hydrogen) atoms. The van der Waals surface area contributed by atoms with Gasteiger partial charge in [0, 0.05) is 35.6 Å². The molecule has 2 heterocycles. The van der Waals surface area contributed by atoms with Gasteiger partial charge in [0.2, 0.25) is 5.91 Å². The van der Waals surface area contributed by atoms with Crippen molar-refractivity contribution in [1.29, 1.82) is 0 Å². The summed E-state index contributed by atoms with van der Waals surface area (Å²) in [6.45, 7) is 3.67. The van der Waals surface area contributed by atoms with Crippen LogP contribution in [-0.4, -0.2) is 22.0 Å². The molecule has 0 bridgehead atoms. The Hall–Kier alpha value is -2.14. The molecule has 1 saturated heterocycles. The maximum atomic E-state index is 12.5. The van der Waals surface area contributed by atoms with Crippen molar-refractivity contribution < 1.29 is 4.79 Å². The molecule has 2 aromatic carbocycles. The Morgan fingerprint density at radius 3 is 2.67 bits per heavy atom. The molecular weight excluding hydrogens is 366 g/mol. The number of amides is 1. The topological polar surface area (TPSA) is 38.1 Å². The van der Waals surface area contributed by atoms with E-state index in [-0.39, 0.29) is 11.8 Å². The summed E-state index contributed by atoms with van der Waals surface area (Å²) in [6, 6.07) is 16.1. The normalized spacial score (nSPS) is 17.8. The van der Waals surface area contributed by atoms with E-state index in [0.717, 1.165) is 33.6 Å². The summed E-state index contributed by atoms with van der Waals surface area (Å²) in [5.74, 6) is 1.32. The van der Waals surface area contributed by atoms with Crippen molar-refractivity contribution in [2.24, 2.45) is 0 Å². The fraction of sp³-hybridized carbons (Fsp3) is 0.263. The first kappa shape index (κ1) is 15.4. The van der Waals surface area contributed by atoms with Gasteiger partial charge in [-0.05, 0) is 43.3 Å². The van der Waals surface area contributed by atoms with E-state index in [9.17, 15) is 4.79 Å². The third kappa shape index (κ3) is 2.53. The number of halogens is 1. The molecule has 0 N–H and O–H groups in total. The quantitative estimate of drug-likeness (QED) is 0.674. The second kappa shape index (κ2) is 6.06. The van der Waals surface area contributed by atoms with Gasteiger partial charge in [-0.25, -0.2) is 4.98 Å². The Kier molecular flexibility index (Phi) is 3.88. The number of carbonyl (C=O) groups is 1. The number of rotatable bonds is 3. The van der Waals surface area contributed by atoms with E-state index in [1.54, 1.807) is 0 Å². The molecule has 0 spiro atoms. The van der Waals surface area contributed by atoms with Crippen molar-refractivity contribution in [3.05, 3.63) is 58.8 Å². The Labute approximate surface area is 149 Å². The predicted molar refractivity (Wildman–Crippen MR) is 99.3 cm³/mol. The minimum atomic E-state index is 0.133. The summed E-state index contributed by atoms with van der Waals surface area (Å²) in [7, 11) is 0. The standard InChI is InChI=1S/C19H18BrN3O/c1-2-22-17-6-4-3-5-16(17)21-19(22)13-11-18(24)23(12-13)15-9-7-14(20)8-10-15/h3-10,13H,2,11-12H2,1H3. The molecule has 0 saturated carbocycles. The number of fused-ring (bicyclic) bond motifs is 1.